The molecule has 1 unspecified atom stereocenters. The van der Waals surface area contributed by atoms with Crippen LogP contribution in [-0.4, -0.2) is 0 Å². The quantitative estimate of drug-likeness (QED) is 0.741. The molecule has 22 heavy (non-hydrogen) atoms. The third kappa shape index (κ3) is 1.69. The molecule has 0 aliphatic carbocycles. The van der Waals surface area contributed by atoms with E-state index < -0.39 is 0 Å². The predicted molar refractivity (Wildman–Crippen MR) is 82.0 cm³/mol. The molecule has 0 fully saturated rings. The Hall–Kier alpha value is -3.19. The summed E-state index contributed by atoms with van der Waals surface area (Å²) in [4.78, 5) is 0. The molecule has 2 heterocycles. The van der Waals surface area contributed by atoms with Crippen molar-refractivity contribution in [1.29, 1.82) is 5.26 Å². The highest BCUT2D eigenvalue weighted by Gasteiger charge is 2.33. The van der Waals surface area contributed by atoms with Gasteiger partial charge in [-0.3, -0.25) is 0 Å². The minimum absolute atomic E-state index is 0.131. The third-order valence-electron chi connectivity index (χ3n) is 3.94. The van der Waals surface area contributed by atoms with Crippen LogP contribution < -0.4 is 10.5 Å². The summed E-state index contributed by atoms with van der Waals surface area (Å²) in [6, 6.07) is 17.7. The van der Waals surface area contributed by atoms with Gasteiger partial charge in [0.2, 0.25) is 5.88 Å². The molecule has 0 saturated carbocycles. The first kappa shape index (κ1) is 12.5. The van der Waals surface area contributed by atoms with Gasteiger partial charge < -0.3 is 14.9 Å². The van der Waals surface area contributed by atoms with Crippen molar-refractivity contribution in [3.05, 3.63) is 77.6 Å². The zero-order chi connectivity index (χ0) is 15.1. The standard InChI is InChI=1S/C18H12N2O2/c19-10-13-17(14-6-3-9-21-14)16-12-5-2-1-4-11(12)7-8-15(16)22-18(13)20/h1-9,17H,20H2. The summed E-state index contributed by atoms with van der Waals surface area (Å²) in [7, 11) is 0. The van der Waals surface area contributed by atoms with Crippen molar-refractivity contribution in [2.24, 2.45) is 5.73 Å². The van der Waals surface area contributed by atoms with E-state index in [0.717, 1.165) is 16.3 Å². The fraction of sp³-hybridized carbons (Fsp3) is 0.0556. The van der Waals surface area contributed by atoms with Crippen LogP contribution >= 0.6 is 0 Å². The molecular formula is C18H12N2O2. The van der Waals surface area contributed by atoms with Crippen molar-refractivity contribution in [3.8, 4) is 11.8 Å². The van der Waals surface area contributed by atoms with E-state index in [1.807, 2.05) is 42.5 Å². The number of hydrogen-bond donors (Lipinski definition) is 1. The number of allylic oxidation sites excluding steroid dienone is 1. The number of furan rings is 1. The SMILES string of the molecule is N#CC1=C(N)Oc2ccc3ccccc3c2C1c1ccco1. The highest BCUT2D eigenvalue weighted by molar-refractivity contribution is 5.90. The molecule has 0 spiro atoms. The minimum atomic E-state index is -0.352. The molecule has 1 aromatic heterocycles. The first-order valence-corrected chi connectivity index (χ1v) is 6.92. The van der Waals surface area contributed by atoms with Crippen LogP contribution in [0.4, 0.5) is 0 Å². The van der Waals surface area contributed by atoms with Crippen LogP contribution in [0.3, 0.4) is 0 Å². The molecule has 2 N–H and O–H groups in total. The second kappa shape index (κ2) is 4.68. The minimum Gasteiger partial charge on any atom is -0.468 e. The lowest BCUT2D eigenvalue weighted by atomic mass is 9.84. The van der Waals surface area contributed by atoms with Gasteiger partial charge in [-0.05, 0) is 29.0 Å². The van der Waals surface area contributed by atoms with E-state index in [0.29, 0.717) is 17.1 Å². The Kier molecular flexibility index (Phi) is 2.67. The van der Waals surface area contributed by atoms with Gasteiger partial charge in [0.1, 0.15) is 23.2 Å². The maximum Gasteiger partial charge on any atom is 0.205 e. The molecule has 1 atom stereocenters. The zero-order valence-electron chi connectivity index (χ0n) is 11.6. The Morgan fingerprint density at radius 3 is 2.68 bits per heavy atom. The van der Waals surface area contributed by atoms with Gasteiger partial charge in [-0.15, -0.1) is 0 Å². The monoisotopic (exact) mass is 288 g/mol. The Labute approximate surface area is 127 Å². The van der Waals surface area contributed by atoms with Crippen LogP contribution in [0.1, 0.15) is 17.2 Å². The Morgan fingerprint density at radius 2 is 1.91 bits per heavy atom. The number of nitrogens with two attached hydrogens (primary N) is 1. The summed E-state index contributed by atoms with van der Waals surface area (Å²) in [5.41, 5.74) is 7.23. The first-order valence-electron chi connectivity index (χ1n) is 6.92. The molecule has 2 aromatic carbocycles. The van der Waals surface area contributed by atoms with Gasteiger partial charge in [-0.25, -0.2) is 0 Å². The summed E-state index contributed by atoms with van der Waals surface area (Å²) in [6.45, 7) is 0. The van der Waals surface area contributed by atoms with Gasteiger partial charge in [0.15, 0.2) is 0 Å². The Morgan fingerprint density at radius 1 is 1.05 bits per heavy atom. The smallest absolute Gasteiger partial charge is 0.205 e. The van der Waals surface area contributed by atoms with Gasteiger partial charge in [0.25, 0.3) is 0 Å². The van der Waals surface area contributed by atoms with Crippen LogP contribution in [-0.2, 0) is 0 Å². The number of nitrogens with zero attached hydrogens (tertiary/aromatic N) is 1. The Balaban J connectivity index is 2.08. The largest absolute Gasteiger partial charge is 0.468 e. The van der Waals surface area contributed by atoms with E-state index in [-0.39, 0.29) is 11.8 Å². The summed E-state index contributed by atoms with van der Waals surface area (Å²) in [5, 5.41) is 11.6. The summed E-state index contributed by atoms with van der Waals surface area (Å²) < 4.78 is 11.2. The highest BCUT2D eigenvalue weighted by atomic mass is 16.5. The van der Waals surface area contributed by atoms with Crippen molar-refractivity contribution >= 4 is 10.8 Å². The highest BCUT2D eigenvalue weighted by Crippen LogP contribution is 2.45. The number of hydrogen-bond acceptors (Lipinski definition) is 4. The van der Waals surface area contributed by atoms with E-state index in [1.54, 1.807) is 12.3 Å². The molecule has 0 radical (unpaired) electrons. The second-order valence-electron chi connectivity index (χ2n) is 5.14. The lowest BCUT2D eigenvalue weighted by molar-refractivity contribution is 0.385. The van der Waals surface area contributed by atoms with Gasteiger partial charge in [-0.2, -0.15) is 5.26 Å². The maximum absolute atomic E-state index is 9.52. The van der Waals surface area contributed by atoms with Crippen molar-refractivity contribution in [2.45, 2.75) is 5.92 Å². The van der Waals surface area contributed by atoms with Gasteiger partial charge in [0, 0.05) is 5.56 Å². The summed E-state index contributed by atoms with van der Waals surface area (Å²) in [6.07, 6.45) is 1.60. The van der Waals surface area contributed by atoms with E-state index in [2.05, 4.69) is 6.07 Å². The third-order valence-corrected chi connectivity index (χ3v) is 3.94. The van der Waals surface area contributed by atoms with Crippen LogP contribution in [0.5, 0.6) is 5.75 Å². The van der Waals surface area contributed by atoms with Crippen LogP contribution in [0, 0.1) is 11.3 Å². The topological polar surface area (TPSA) is 72.2 Å². The second-order valence-corrected chi connectivity index (χ2v) is 5.14. The van der Waals surface area contributed by atoms with E-state index in [9.17, 15) is 5.26 Å². The molecule has 1 aliphatic rings. The number of fused-ring (bicyclic) bond motifs is 3. The number of benzene rings is 2. The zero-order valence-corrected chi connectivity index (χ0v) is 11.6. The van der Waals surface area contributed by atoms with Gasteiger partial charge >= 0.3 is 0 Å². The fourth-order valence-electron chi connectivity index (χ4n) is 2.98. The van der Waals surface area contributed by atoms with E-state index in [1.165, 1.54) is 0 Å². The van der Waals surface area contributed by atoms with Gasteiger partial charge in [0.05, 0.1) is 12.2 Å². The Bertz CT molecular complexity index is 933. The molecule has 0 bridgehead atoms. The number of ether oxygens (including phenoxy) is 1. The number of rotatable bonds is 1. The molecular weight excluding hydrogens is 276 g/mol. The van der Waals surface area contributed by atoms with Crippen molar-refractivity contribution in [3.63, 3.8) is 0 Å². The molecule has 4 rings (SSSR count). The molecule has 1 aliphatic heterocycles. The first-order chi connectivity index (χ1) is 10.8. The van der Waals surface area contributed by atoms with Crippen molar-refractivity contribution in [1.82, 2.24) is 0 Å². The average molecular weight is 288 g/mol. The number of nitriles is 1. The lowest BCUT2D eigenvalue weighted by Gasteiger charge is -2.26. The molecule has 4 heteroatoms. The average Bonchev–Trinajstić information content (AvgIpc) is 3.07. The molecule has 106 valence electrons. The van der Waals surface area contributed by atoms with Crippen molar-refractivity contribution < 1.29 is 9.15 Å². The van der Waals surface area contributed by atoms with Crippen LogP contribution in [0.2, 0.25) is 0 Å². The van der Waals surface area contributed by atoms with E-state index in [4.69, 9.17) is 14.9 Å². The van der Waals surface area contributed by atoms with Crippen LogP contribution in [0.25, 0.3) is 10.8 Å². The van der Waals surface area contributed by atoms with Gasteiger partial charge in [-0.1, -0.05) is 30.3 Å². The molecule has 4 nitrogen and oxygen atoms in total. The fourth-order valence-corrected chi connectivity index (χ4v) is 2.98. The predicted octanol–water partition coefficient (Wildman–Crippen LogP) is 3.65. The normalized spacial score (nSPS) is 17.0. The molecule has 0 saturated heterocycles. The summed E-state index contributed by atoms with van der Waals surface area (Å²) in [5.74, 6) is 1.12. The van der Waals surface area contributed by atoms with Crippen LogP contribution in [0.15, 0.2) is 70.7 Å². The maximum atomic E-state index is 9.52. The van der Waals surface area contributed by atoms with E-state index >= 15 is 0 Å². The summed E-state index contributed by atoms with van der Waals surface area (Å²) >= 11 is 0. The molecule has 3 aromatic rings. The lowest BCUT2D eigenvalue weighted by Crippen LogP contribution is -2.21. The molecule has 0 amide bonds. The van der Waals surface area contributed by atoms with Crippen molar-refractivity contribution in [2.75, 3.05) is 0 Å².